The number of fused-ring (bicyclic) bond motifs is 1. The number of rotatable bonds is 5. The van der Waals surface area contributed by atoms with Crippen LogP contribution in [0.1, 0.15) is 55.8 Å². The second-order valence-electron chi connectivity index (χ2n) is 10.1. The van der Waals surface area contributed by atoms with Crippen molar-refractivity contribution in [2.24, 2.45) is 0 Å². The van der Waals surface area contributed by atoms with Crippen molar-refractivity contribution in [3.63, 3.8) is 0 Å². The van der Waals surface area contributed by atoms with Gasteiger partial charge in [-0.3, -0.25) is 0 Å². The Morgan fingerprint density at radius 3 is 2.74 bits per heavy atom. The molecule has 182 valence electrons. The van der Waals surface area contributed by atoms with E-state index in [-0.39, 0.29) is 22.8 Å². The molecule has 1 aromatic carbocycles. The molecule has 1 saturated heterocycles. The number of nitrogens with zero attached hydrogens (tertiary/aromatic N) is 4. The second kappa shape index (κ2) is 7.95. The number of nitriles is 1. The Morgan fingerprint density at radius 2 is 2.09 bits per heavy atom. The Hall–Kier alpha value is -2.61. The number of hydrogen-bond donors (Lipinski definition) is 1. The van der Waals surface area contributed by atoms with E-state index in [9.17, 15) is 23.2 Å². The average molecular weight is 499 g/mol. The molecule has 0 radical (unpaired) electrons. The van der Waals surface area contributed by atoms with Gasteiger partial charge in [-0.25, -0.2) is 0 Å². The number of anilines is 1. The summed E-state index contributed by atoms with van der Waals surface area (Å²) in [5.74, 6) is -3.32. The van der Waals surface area contributed by atoms with Gasteiger partial charge in [-0.05, 0) is 0 Å². The molecule has 1 aromatic heterocycles. The topological polar surface area (TPSA) is 74.0 Å². The Balaban J connectivity index is 1.37. The van der Waals surface area contributed by atoms with Gasteiger partial charge < -0.3 is 0 Å². The normalized spacial score (nSPS) is 27.9. The second-order valence-corrected chi connectivity index (χ2v) is 12.2. The van der Waals surface area contributed by atoms with E-state index >= 15 is 0 Å². The summed E-state index contributed by atoms with van der Waals surface area (Å²) in [6.45, 7) is 2.32. The maximum atomic E-state index is 14.8. The Kier molecular flexibility index (Phi) is 5.19. The van der Waals surface area contributed by atoms with Gasteiger partial charge in [-0.15, -0.1) is 0 Å². The maximum absolute atomic E-state index is 14.8. The van der Waals surface area contributed by atoms with Crippen molar-refractivity contribution in [1.29, 1.82) is 5.26 Å². The number of carbonyl (C=O) groups excluding carboxylic acids is 1. The van der Waals surface area contributed by atoms with Crippen molar-refractivity contribution in [3.8, 4) is 6.07 Å². The molecule has 2 aliphatic carbocycles. The molecule has 6 rings (SSSR count). The summed E-state index contributed by atoms with van der Waals surface area (Å²) in [6, 6.07) is 7.44. The number of alkyl halides is 2. The van der Waals surface area contributed by atoms with Crippen LogP contribution in [0.2, 0.25) is 0 Å². The van der Waals surface area contributed by atoms with E-state index < -0.39 is 33.5 Å². The SMILES string of the molecule is Cc1cc(N2C[C@H](S3=BC(F)(F)c4cc(F)ccc43)C[C@H]2C(=O)NC2(C#N)CC2)n(C2CCC2)n1. The zero-order valence-corrected chi connectivity index (χ0v) is 20.1. The van der Waals surface area contributed by atoms with Crippen molar-refractivity contribution in [2.75, 3.05) is 11.4 Å². The number of aromatic nitrogens is 2. The number of amides is 1. The van der Waals surface area contributed by atoms with Gasteiger partial charge in [0.2, 0.25) is 0 Å². The third kappa shape index (κ3) is 3.81. The van der Waals surface area contributed by atoms with Gasteiger partial charge >= 0.3 is 204 Å². The summed E-state index contributed by atoms with van der Waals surface area (Å²) in [6.07, 6.45) is 5.80. The molecule has 3 atom stereocenters. The molecular formula is C24H25BF3N5OS. The predicted octanol–water partition coefficient (Wildman–Crippen LogP) is 4.19. The van der Waals surface area contributed by atoms with Crippen LogP contribution in [0.25, 0.3) is 0 Å². The minimum absolute atomic E-state index is 0.245. The zero-order chi connectivity index (χ0) is 24.5. The molecule has 2 aromatic rings. The van der Waals surface area contributed by atoms with Crippen molar-refractivity contribution in [3.05, 3.63) is 41.3 Å². The van der Waals surface area contributed by atoms with Crippen molar-refractivity contribution < 1.29 is 18.0 Å². The number of hydrogen-bond acceptors (Lipinski definition) is 4. The van der Waals surface area contributed by atoms with Gasteiger partial charge in [0.05, 0.1) is 0 Å². The summed E-state index contributed by atoms with van der Waals surface area (Å²) < 4.78 is 45.4. The summed E-state index contributed by atoms with van der Waals surface area (Å²) in [5, 5.41) is 16.9. The van der Waals surface area contributed by atoms with E-state index in [2.05, 4.69) is 16.5 Å². The molecule has 1 amide bonds. The van der Waals surface area contributed by atoms with Crippen LogP contribution >= 0.6 is 10.3 Å². The first kappa shape index (κ1) is 22.8. The number of nitrogens with one attached hydrogen (secondary N) is 1. The molecule has 0 bridgehead atoms. The summed E-state index contributed by atoms with van der Waals surface area (Å²) >= 11 is 0. The van der Waals surface area contributed by atoms with Gasteiger partial charge in [-0.2, -0.15) is 0 Å². The van der Waals surface area contributed by atoms with Crippen LogP contribution in [0, 0.1) is 24.1 Å². The molecule has 4 aliphatic rings. The van der Waals surface area contributed by atoms with Crippen molar-refractivity contribution >= 4 is 28.2 Å². The van der Waals surface area contributed by atoms with Gasteiger partial charge in [0.25, 0.3) is 0 Å². The van der Waals surface area contributed by atoms with Gasteiger partial charge in [0, 0.05) is 0 Å². The standard InChI is InChI=1S/C24H25BF3N5OS/c1-14-9-21(33(31-14)16-3-2-4-16)32-12-17(11-19(32)22(34)30-23(13-29)7-8-23)35-20-6-5-15(26)10-18(20)24(27,28)25-35/h5-6,9-10,16-17,19H,2-4,7-8,11-12H2,1H3,(H,30,34)/t17-,19+,35?/m1/s1. The molecule has 3 fully saturated rings. The van der Waals surface area contributed by atoms with Crippen LogP contribution in [-0.2, 0) is 10.6 Å². The number of carbonyl (C=O) groups is 1. The van der Waals surface area contributed by atoms with E-state index in [0.29, 0.717) is 30.7 Å². The van der Waals surface area contributed by atoms with E-state index in [0.717, 1.165) is 43.0 Å². The summed E-state index contributed by atoms with van der Waals surface area (Å²) in [7, 11) is -0.953. The monoisotopic (exact) mass is 499 g/mol. The third-order valence-electron chi connectivity index (χ3n) is 7.63. The molecule has 2 saturated carbocycles. The van der Waals surface area contributed by atoms with Crippen molar-refractivity contribution in [1.82, 2.24) is 15.1 Å². The van der Waals surface area contributed by atoms with Crippen LogP contribution in [0.4, 0.5) is 19.0 Å². The first-order valence-electron chi connectivity index (χ1n) is 12.0. The fourth-order valence-electron chi connectivity index (χ4n) is 5.34. The quantitative estimate of drug-likeness (QED) is 0.627. The van der Waals surface area contributed by atoms with E-state index in [1.807, 2.05) is 22.6 Å². The molecule has 1 N–H and O–H groups in total. The molecule has 0 spiro atoms. The Morgan fingerprint density at radius 1 is 1.31 bits per heavy atom. The van der Waals surface area contributed by atoms with Gasteiger partial charge in [-0.1, -0.05) is 0 Å². The molecule has 1 unspecified atom stereocenters. The minimum atomic E-state index is -3.21. The molecule has 3 heterocycles. The first-order valence-corrected chi connectivity index (χ1v) is 13.4. The molecule has 35 heavy (non-hydrogen) atoms. The molecular weight excluding hydrogens is 474 g/mol. The van der Waals surface area contributed by atoms with Crippen LogP contribution in [0.15, 0.2) is 29.2 Å². The molecule has 6 nitrogen and oxygen atoms in total. The third-order valence-corrected chi connectivity index (χ3v) is 10.1. The van der Waals surface area contributed by atoms with Crippen LogP contribution in [0.3, 0.4) is 0 Å². The first-order chi connectivity index (χ1) is 16.7. The number of aryl methyl sites for hydroxylation is 1. The number of halogens is 3. The molecule has 11 heteroatoms. The van der Waals surface area contributed by atoms with E-state index in [1.54, 1.807) is 0 Å². The Bertz CT molecular complexity index is 1300. The fourth-order valence-corrected chi connectivity index (χ4v) is 7.85. The predicted molar refractivity (Wildman–Crippen MR) is 127 cm³/mol. The summed E-state index contributed by atoms with van der Waals surface area (Å²) in [4.78, 5) is 15.9. The molecule has 2 aliphatic heterocycles. The van der Waals surface area contributed by atoms with Crippen LogP contribution in [0.5, 0.6) is 0 Å². The van der Waals surface area contributed by atoms with Gasteiger partial charge in [0.1, 0.15) is 0 Å². The summed E-state index contributed by atoms with van der Waals surface area (Å²) in [5.41, 5.74) is -0.256. The number of benzene rings is 1. The fraction of sp³-hybridized carbons (Fsp3) is 0.542. The zero-order valence-electron chi connectivity index (χ0n) is 19.3. The average Bonchev–Trinajstić information content (AvgIpc) is 3.11. The van der Waals surface area contributed by atoms with Crippen molar-refractivity contribution in [2.45, 2.75) is 79.0 Å². The Labute approximate surface area is 204 Å². The van der Waals surface area contributed by atoms with Crippen LogP contribution in [-0.4, -0.2) is 45.2 Å². The van der Waals surface area contributed by atoms with Crippen LogP contribution < -0.4 is 10.2 Å². The van der Waals surface area contributed by atoms with Gasteiger partial charge in [0.15, 0.2) is 0 Å². The van der Waals surface area contributed by atoms with E-state index in [4.69, 9.17) is 0 Å². The van der Waals surface area contributed by atoms with E-state index in [1.165, 1.54) is 12.1 Å².